The fourth-order valence-electron chi connectivity index (χ4n) is 4.06. The molecule has 0 aromatic heterocycles. The minimum absolute atomic E-state index is 0.0809. The molecule has 1 saturated carbocycles. The maximum Gasteiger partial charge on any atom is 0.243 e. The van der Waals surface area contributed by atoms with E-state index in [-0.39, 0.29) is 17.9 Å². The topological polar surface area (TPSA) is 70.2 Å². The smallest absolute Gasteiger partial charge is 0.243 e. The average molecular weight is 525 g/mol. The van der Waals surface area contributed by atoms with Crippen molar-refractivity contribution >= 4 is 50.9 Å². The zero-order valence-corrected chi connectivity index (χ0v) is 20.0. The van der Waals surface area contributed by atoms with Crippen LogP contribution in [0, 0.1) is 0 Å². The molecule has 5 nitrogen and oxygen atoms in total. The first-order valence-electron chi connectivity index (χ1n) is 10.4. The van der Waals surface area contributed by atoms with E-state index in [2.05, 4.69) is 31.9 Å². The Morgan fingerprint density at radius 3 is 2.52 bits per heavy atom. The van der Waals surface area contributed by atoms with E-state index in [1.54, 1.807) is 12.1 Å². The van der Waals surface area contributed by atoms with Crippen LogP contribution in [0.2, 0.25) is 10.0 Å². The summed E-state index contributed by atoms with van der Waals surface area (Å²) >= 11 is 15.9. The molecule has 2 amide bonds. The van der Waals surface area contributed by atoms with E-state index in [4.69, 9.17) is 23.2 Å². The molecular formula is C23H24BrCl2N3O2. The highest BCUT2D eigenvalue weighted by molar-refractivity contribution is 9.10. The van der Waals surface area contributed by atoms with Gasteiger partial charge in [-0.05, 0) is 61.2 Å². The molecule has 0 radical (unpaired) electrons. The van der Waals surface area contributed by atoms with Crippen molar-refractivity contribution < 1.29 is 9.59 Å². The third-order valence-electron chi connectivity index (χ3n) is 6.01. The number of amides is 2. The van der Waals surface area contributed by atoms with Crippen molar-refractivity contribution in [1.82, 2.24) is 16.0 Å². The van der Waals surface area contributed by atoms with Gasteiger partial charge in [-0.15, -0.1) is 0 Å². The molecule has 2 fully saturated rings. The van der Waals surface area contributed by atoms with E-state index in [0.717, 1.165) is 35.1 Å². The molecule has 0 bridgehead atoms. The normalized spacial score (nSPS) is 20.2. The molecule has 2 aromatic rings. The Hall–Kier alpha value is -1.60. The van der Waals surface area contributed by atoms with E-state index in [9.17, 15) is 9.59 Å². The predicted octanol–water partition coefficient (Wildman–Crippen LogP) is 3.99. The van der Waals surface area contributed by atoms with Crippen LogP contribution in [0.3, 0.4) is 0 Å². The summed E-state index contributed by atoms with van der Waals surface area (Å²) in [6.07, 6.45) is 2.68. The fraction of sp³-hybridized carbons (Fsp3) is 0.391. The van der Waals surface area contributed by atoms with Crippen LogP contribution in [0.1, 0.15) is 30.4 Å². The van der Waals surface area contributed by atoms with Gasteiger partial charge in [0, 0.05) is 33.5 Å². The second-order valence-electron chi connectivity index (χ2n) is 8.26. The van der Waals surface area contributed by atoms with Gasteiger partial charge in [-0.25, -0.2) is 0 Å². The van der Waals surface area contributed by atoms with Crippen LogP contribution in [-0.4, -0.2) is 37.0 Å². The summed E-state index contributed by atoms with van der Waals surface area (Å²) in [5, 5.41) is 10.4. The van der Waals surface area contributed by atoms with Crippen molar-refractivity contribution in [1.29, 1.82) is 0 Å². The number of halogens is 3. The Morgan fingerprint density at radius 2 is 1.90 bits per heavy atom. The Labute approximate surface area is 200 Å². The van der Waals surface area contributed by atoms with Crippen LogP contribution in [0.15, 0.2) is 46.9 Å². The minimum Gasteiger partial charge on any atom is -0.350 e. The van der Waals surface area contributed by atoms with Crippen molar-refractivity contribution in [2.24, 2.45) is 0 Å². The monoisotopic (exact) mass is 523 g/mol. The quantitative estimate of drug-likeness (QED) is 0.513. The van der Waals surface area contributed by atoms with Crippen molar-refractivity contribution in [3.05, 3.63) is 68.1 Å². The Morgan fingerprint density at radius 1 is 1.16 bits per heavy atom. The number of carbonyl (C=O) groups is 2. The molecule has 0 spiro atoms. The summed E-state index contributed by atoms with van der Waals surface area (Å²) < 4.78 is 0.965. The van der Waals surface area contributed by atoms with E-state index in [0.29, 0.717) is 29.3 Å². The molecule has 1 aliphatic carbocycles. The molecule has 31 heavy (non-hydrogen) atoms. The van der Waals surface area contributed by atoms with Gasteiger partial charge in [0.25, 0.3) is 0 Å². The van der Waals surface area contributed by atoms with Crippen LogP contribution < -0.4 is 16.0 Å². The van der Waals surface area contributed by atoms with Gasteiger partial charge < -0.3 is 16.0 Å². The molecule has 1 aliphatic heterocycles. The van der Waals surface area contributed by atoms with E-state index in [1.807, 2.05) is 30.3 Å². The number of carbonyl (C=O) groups excluding carboxylic acids is 2. The number of nitrogens with one attached hydrogen (secondary N) is 3. The van der Waals surface area contributed by atoms with Gasteiger partial charge in [0.1, 0.15) is 6.04 Å². The van der Waals surface area contributed by atoms with Gasteiger partial charge in [0.05, 0.1) is 5.41 Å². The number of hydrogen-bond donors (Lipinski definition) is 3. The molecule has 164 valence electrons. The summed E-state index contributed by atoms with van der Waals surface area (Å²) in [4.78, 5) is 26.5. The summed E-state index contributed by atoms with van der Waals surface area (Å²) in [7, 11) is 0. The molecule has 3 N–H and O–H groups in total. The lowest BCUT2D eigenvalue weighted by molar-refractivity contribution is -0.130. The molecular weight excluding hydrogens is 501 g/mol. The van der Waals surface area contributed by atoms with E-state index < -0.39 is 11.5 Å². The highest BCUT2D eigenvalue weighted by Gasteiger charge is 2.53. The first-order valence-corrected chi connectivity index (χ1v) is 11.9. The van der Waals surface area contributed by atoms with Crippen molar-refractivity contribution in [2.45, 2.75) is 43.2 Å². The van der Waals surface area contributed by atoms with Gasteiger partial charge in [0.2, 0.25) is 11.8 Å². The van der Waals surface area contributed by atoms with Gasteiger partial charge in [-0.3, -0.25) is 9.59 Å². The standard InChI is InChI=1S/C23H24BrCl2N3O2/c24-15-3-1-14(2-4-15)11-20(21(30)28-17-7-10-27-13-17)29-22(31)23(8-9-23)18-6-5-16(25)12-19(18)26/h1-6,12,17,20,27H,7-11,13H2,(H,28,30)(H,29,31). The second-order valence-corrected chi connectivity index (χ2v) is 10.0. The van der Waals surface area contributed by atoms with Gasteiger partial charge in [0.15, 0.2) is 0 Å². The lowest BCUT2D eigenvalue weighted by atomic mass is 9.94. The minimum atomic E-state index is -0.700. The molecule has 1 saturated heterocycles. The lowest BCUT2D eigenvalue weighted by Gasteiger charge is -2.24. The van der Waals surface area contributed by atoms with Crippen molar-refractivity contribution in [3.63, 3.8) is 0 Å². The van der Waals surface area contributed by atoms with E-state index >= 15 is 0 Å². The van der Waals surface area contributed by atoms with Crippen LogP contribution in [0.5, 0.6) is 0 Å². The van der Waals surface area contributed by atoms with Crippen molar-refractivity contribution in [3.8, 4) is 0 Å². The van der Waals surface area contributed by atoms with Crippen LogP contribution in [0.25, 0.3) is 0 Å². The number of benzene rings is 2. The van der Waals surface area contributed by atoms with Gasteiger partial charge in [-0.1, -0.05) is 57.3 Å². The fourth-order valence-corrected chi connectivity index (χ4v) is 4.92. The summed E-state index contributed by atoms with van der Waals surface area (Å²) in [6, 6.07) is 12.4. The summed E-state index contributed by atoms with van der Waals surface area (Å²) in [5.74, 6) is -0.332. The van der Waals surface area contributed by atoms with Crippen molar-refractivity contribution in [2.75, 3.05) is 13.1 Å². The Balaban J connectivity index is 1.53. The molecule has 2 aliphatic rings. The lowest BCUT2D eigenvalue weighted by Crippen LogP contribution is -2.53. The number of hydrogen-bond acceptors (Lipinski definition) is 3. The molecule has 2 atom stereocenters. The number of rotatable bonds is 7. The van der Waals surface area contributed by atoms with Gasteiger partial charge >= 0.3 is 0 Å². The Kier molecular flexibility index (Phi) is 6.92. The first kappa shape index (κ1) is 22.6. The first-order chi connectivity index (χ1) is 14.9. The summed E-state index contributed by atoms with van der Waals surface area (Å²) in [6.45, 7) is 1.63. The SMILES string of the molecule is O=C(NC1CCNC1)C(Cc1ccc(Br)cc1)NC(=O)C1(c2ccc(Cl)cc2Cl)CC1. The maximum atomic E-state index is 13.4. The predicted molar refractivity (Wildman–Crippen MR) is 127 cm³/mol. The maximum absolute atomic E-state index is 13.4. The van der Waals surface area contributed by atoms with Crippen LogP contribution in [-0.2, 0) is 21.4 Å². The zero-order chi connectivity index (χ0) is 22.0. The molecule has 8 heteroatoms. The largest absolute Gasteiger partial charge is 0.350 e. The molecule has 2 aromatic carbocycles. The second kappa shape index (κ2) is 9.49. The van der Waals surface area contributed by atoms with E-state index in [1.165, 1.54) is 0 Å². The molecule has 1 heterocycles. The third kappa shape index (κ3) is 5.25. The zero-order valence-electron chi connectivity index (χ0n) is 16.9. The molecule has 2 unspecified atom stereocenters. The van der Waals surface area contributed by atoms with Gasteiger partial charge in [-0.2, -0.15) is 0 Å². The highest BCUT2D eigenvalue weighted by atomic mass is 79.9. The highest BCUT2D eigenvalue weighted by Crippen LogP contribution is 2.51. The summed E-state index contributed by atoms with van der Waals surface area (Å²) in [5.41, 5.74) is 1.04. The average Bonchev–Trinajstić information content (AvgIpc) is 3.38. The Bertz CT molecular complexity index is 973. The van der Waals surface area contributed by atoms with Crippen LogP contribution >= 0.6 is 39.1 Å². The van der Waals surface area contributed by atoms with Crippen LogP contribution in [0.4, 0.5) is 0 Å². The third-order valence-corrected chi connectivity index (χ3v) is 7.09. The molecule has 4 rings (SSSR count).